The van der Waals surface area contributed by atoms with E-state index in [0.717, 1.165) is 18.1 Å². The fraction of sp³-hybridized carbons (Fsp3) is 0.421. The van der Waals surface area contributed by atoms with Gasteiger partial charge in [-0.25, -0.2) is 13.4 Å². The lowest BCUT2D eigenvalue weighted by molar-refractivity contribution is 0.0730. The number of aromatic nitrogens is 1. The molecule has 27 heavy (non-hydrogen) atoms. The zero-order valence-electron chi connectivity index (χ0n) is 15.4. The average molecular weight is 408 g/mol. The number of sulfonamides is 1. The Balaban J connectivity index is 1.44. The van der Waals surface area contributed by atoms with Gasteiger partial charge in [0.05, 0.1) is 13.2 Å². The molecule has 146 valence electrons. The summed E-state index contributed by atoms with van der Waals surface area (Å²) in [5.74, 6) is 2.61. The summed E-state index contributed by atoms with van der Waals surface area (Å²) in [5, 5.41) is 3.24. The summed E-state index contributed by atoms with van der Waals surface area (Å²) < 4.78 is 31.8. The highest BCUT2D eigenvalue weighted by Crippen LogP contribution is 2.18. The third-order valence-electron chi connectivity index (χ3n) is 4.29. The molecule has 1 aromatic carbocycles. The number of ether oxygens (including phenoxy) is 1. The first-order chi connectivity index (χ1) is 13.1. The second-order valence-corrected chi connectivity index (χ2v) is 9.40. The highest BCUT2D eigenvalue weighted by molar-refractivity contribution is 7.98. The largest absolute Gasteiger partial charge is 0.379 e. The van der Waals surface area contributed by atoms with Gasteiger partial charge in [-0.1, -0.05) is 29.8 Å². The van der Waals surface area contributed by atoms with E-state index in [9.17, 15) is 8.42 Å². The van der Waals surface area contributed by atoms with Crippen molar-refractivity contribution in [3.05, 3.63) is 53.7 Å². The number of anilines is 1. The molecule has 1 saturated heterocycles. The van der Waals surface area contributed by atoms with E-state index in [1.54, 1.807) is 12.1 Å². The lowest BCUT2D eigenvalue weighted by atomic mass is 10.2. The molecule has 0 aliphatic carbocycles. The van der Waals surface area contributed by atoms with Crippen LogP contribution in [0.15, 0.2) is 47.5 Å². The fourth-order valence-electron chi connectivity index (χ4n) is 2.70. The zero-order valence-corrected chi connectivity index (χ0v) is 17.1. The van der Waals surface area contributed by atoms with E-state index in [4.69, 9.17) is 4.74 Å². The van der Waals surface area contributed by atoms with E-state index < -0.39 is 10.0 Å². The van der Waals surface area contributed by atoms with Gasteiger partial charge in [0, 0.05) is 37.3 Å². The molecule has 1 aliphatic rings. The fourth-order valence-corrected chi connectivity index (χ4v) is 4.87. The number of aryl methyl sites for hydroxylation is 1. The van der Waals surface area contributed by atoms with Gasteiger partial charge in [0.2, 0.25) is 10.0 Å². The van der Waals surface area contributed by atoms with E-state index >= 15 is 0 Å². The molecular weight excluding hydrogens is 382 g/mol. The van der Waals surface area contributed by atoms with Crippen LogP contribution < -0.4 is 5.32 Å². The maximum absolute atomic E-state index is 12.6. The van der Waals surface area contributed by atoms with Crippen LogP contribution in [-0.4, -0.2) is 56.3 Å². The Kier molecular flexibility index (Phi) is 7.12. The number of morpholine rings is 1. The average Bonchev–Trinajstić information content (AvgIpc) is 2.70. The van der Waals surface area contributed by atoms with Gasteiger partial charge in [-0.2, -0.15) is 16.1 Å². The Morgan fingerprint density at radius 1 is 1.15 bits per heavy atom. The molecule has 0 unspecified atom stereocenters. The Labute approximate surface area is 165 Å². The van der Waals surface area contributed by atoms with E-state index in [-0.39, 0.29) is 4.90 Å². The third kappa shape index (κ3) is 5.68. The van der Waals surface area contributed by atoms with Crippen LogP contribution in [0.3, 0.4) is 0 Å². The normalized spacial score (nSPS) is 15.6. The molecule has 1 aliphatic heterocycles. The van der Waals surface area contributed by atoms with Crippen molar-refractivity contribution in [1.29, 1.82) is 0 Å². The summed E-state index contributed by atoms with van der Waals surface area (Å²) in [6.45, 7) is 4.52. The Morgan fingerprint density at radius 2 is 1.89 bits per heavy atom. The Bertz CT molecular complexity index is 818. The van der Waals surface area contributed by atoms with Gasteiger partial charge >= 0.3 is 0 Å². The smallest absolute Gasteiger partial charge is 0.244 e. The van der Waals surface area contributed by atoms with E-state index in [2.05, 4.69) is 41.5 Å². The second-order valence-electron chi connectivity index (χ2n) is 6.36. The number of nitrogens with one attached hydrogen (secondary N) is 1. The molecule has 0 saturated carbocycles. The van der Waals surface area contributed by atoms with Crippen LogP contribution in [0, 0.1) is 6.92 Å². The van der Waals surface area contributed by atoms with Gasteiger partial charge in [-0.15, -0.1) is 0 Å². The van der Waals surface area contributed by atoms with Crippen LogP contribution in [0.25, 0.3) is 0 Å². The van der Waals surface area contributed by atoms with Crippen molar-refractivity contribution >= 4 is 27.6 Å². The van der Waals surface area contributed by atoms with Crippen molar-refractivity contribution in [3.63, 3.8) is 0 Å². The van der Waals surface area contributed by atoms with Gasteiger partial charge in [0.25, 0.3) is 0 Å². The van der Waals surface area contributed by atoms with Gasteiger partial charge < -0.3 is 10.1 Å². The number of rotatable bonds is 8. The Morgan fingerprint density at radius 3 is 2.56 bits per heavy atom. The van der Waals surface area contributed by atoms with E-state index in [0.29, 0.717) is 32.1 Å². The van der Waals surface area contributed by atoms with Crippen molar-refractivity contribution < 1.29 is 13.2 Å². The molecule has 0 atom stereocenters. The molecule has 1 aromatic heterocycles. The highest BCUT2D eigenvalue weighted by atomic mass is 32.2. The topological polar surface area (TPSA) is 71.5 Å². The standard InChI is InChI=1S/C19H25N3O3S2/c1-16-2-4-17(5-3-16)15-26-13-8-20-19-7-6-18(14-21-19)27(23,24)22-9-11-25-12-10-22/h2-7,14H,8-13,15H2,1H3,(H,20,21). The molecule has 1 fully saturated rings. The van der Waals surface area contributed by atoms with Crippen molar-refractivity contribution in [2.24, 2.45) is 0 Å². The molecule has 0 spiro atoms. The van der Waals surface area contributed by atoms with Crippen molar-refractivity contribution in [1.82, 2.24) is 9.29 Å². The minimum absolute atomic E-state index is 0.226. The third-order valence-corrected chi connectivity index (χ3v) is 7.20. The SMILES string of the molecule is Cc1ccc(CSCCNc2ccc(S(=O)(=O)N3CCOCC3)cn2)cc1. The molecule has 1 N–H and O–H groups in total. The second kappa shape index (κ2) is 9.54. The summed E-state index contributed by atoms with van der Waals surface area (Å²) in [4.78, 5) is 4.47. The van der Waals surface area contributed by atoms with Crippen LogP contribution in [0.4, 0.5) is 5.82 Å². The summed E-state index contributed by atoms with van der Waals surface area (Å²) in [7, 11) is -3.48. The molecule has 2 heterocycles. The van der Waals surface area contributed by atoms with Gasteiger partial charge in [-0.05, 0) is 24.6 Å². The molecule has 0 radical (unpaired) electrons. The zero-order chi connectivity index (χ0) is 19.1. The first-order valence-corrected chi connectivity index (χ1v) is 11.6. The van der Waals surface area contributed by atoms with Crippen molar-refractivity contribution in [2.75, 3.05) is 43.9 Å². The molecule has 0 bridgehead atoms. The maximum atomic E-state index is 12.6. The summed E-state index contributed by atoms with van der Waals surface area (Å²) in [6.07, 6.45) is 1.42. The van der Waals surface area contributed by atoms with Crippen LogP contribution >= 0.6 is 11.8 Å². The minimum atomic E-state index is -3.48. The monoisotopic (exact) mass is 407 g/mol. The highest BCUT2D eigenvalue weighted by Gasteiger charge is 2.26. The molecule has 8 heteroatoms. The minimum Gasteiger partial charge on any atom is -0.379 e. The van der Waals surface area contributed by atoms with E-state index in [1.165, 1.54) is 21.6 Å². The molecule has 3 rings (SSSR count). The van der Waals surface area contributed by atoms with Crippen molar-refractivity contribution in [3.8, 4) is 0 Å². The number of hydrogen-bond acceptors (Lipinski definition) is 6. The summed E-state index contributed by atoms with van der Waals surface area (Å²) >= 11 is 1.85. The number of pyridine rings is 1. The predicted octanol–water partition coefficient (Wildman–Crippen LogP) is 2.76. The van der Waals surface area contributed by atoms with Crippen LogP contribution in [0.1, 0.15) is 11.1 Å². The van der Waals surface area contributed by atoms with Crippen LogP contribution in [0.5, 0.6) is 0 Å². The number of benzene rings is 1. The van der Waals surface area contributed by atoms with Crippen LogP contribution in [-0.2, 0) is 20.5 Å². The van der Waals surface area contributed by atoms with Crippen LogP contribution in [0.2, 0.25) is 0 Å². The molecular formula is C19H25N3O3S2. The lowest BCUT2D eigenvalue weighted by Crippen LogP contribution is -2.40. The predicted molar refractivity (Wildman–Crippen MR) is 110 cm³/mol. The number of thioether (sulfide) groups is 1. The molecule has 0 amide bonds. The quantitative estimate of drug-likeness (QED) is 0.679. The molecule has 6 nitrogen and oxygen atoms in total. The summed E-state index contributed by atoms with van der Waals surface area (Å²) in [6, 6.07) is 11.9. The number of nitrogens with zero attached hydrogens (tertiary/aromatic N) is 2. The van der Waals surface area contributed by atoms with Gasteiger partial charge in [0.15, 0.2) is 0 Å². The number of hydrogen-bond donors (Lipinski definition) is 1. The lowest BCUT2D eigenvalue weighted by Gasteiger charge is -2.25. The molecule has 2 aromatic rings. The maximum Gasteiger partial charge on any atom is 0.244 e. The summed E-state index contributed by atoms with van der Waals surface area (Å²) in [5.41, 5.74) is 2.59. The Hall–Kier alpha value is -1.61. The van der Waals surface area contributed by atoms with Crippen molar-refractivity contribution in [2.45, 2.75) is 17.6 Å². The first kappa shape index (κ1) is 20.1. The van der Waals surface area contributed by atoms with Gasteiger partial charge in [-0.3, -0.25) is 0 Å². The van der Waals surface area contributed by atoms with Gasteiger partial charge in [0.1, 0.15) is 10.7 Å². The first-order valence-electron chi connectivity index (χ1n) is 8.97. The van der Waals surface area contributed by atoms with E-state index in [1.807, 2.05) is 11.8 Å².